The first-order valence-corrected chi connectivity index (χ1v) is 18.4. The van der Waals surface area contributed by atoms with Crippen molar-refractivity contribution in [2.45, 2.75) is 38.8 Å². The molecule has 0 aliphatic heterocycles. The van der Waals surface area contributed by atoms with Crippen molar-refractivity contribution in [3.63, 3.8) is 0 Å². The van der Waals surface area contributed by atoms with Gasteiger partial charge in [-0.1, -0.05) is 177 Å². The second-order valence-electron chi connectivity index (χ2n) is 11.7. The van der Waals surface area contributed by atoms with Crippen LogP contribution in [0.25, 0.3) is 11.5 Å². The van der Waals surface area contributed by atoms with E-state index < -0.39 is 8.07 Å². The lowest BCUT2D eigenvalue weighted by Crippen LogP contribution is -2.70. The van der Waals surface area contributed by atoms with Crippen LogP contribution in [-0.4, -0.2) is 24.9 Å². The summed E-state index contributed by atoms with van der Waals surface area (Å²) in [5, 5.41) is 4.26. The Balaban J connectivity index is 1.47. The van der Waals surface area contributed by atoms with Gasteiger partial charge in [-0.3, -0.25) is 4.98 Å². The van der Waals surface area contributed by atoms with Gasteiger partial charge in [-0.25, -0.2) is 0 Å². The third-order valence-electron chi connectivity index (χ3n) is 8.69. The number of nitrogens with zero attached hydrogens (tertiary/aromatic N) is 2. The fourth-order valence-electron chi connectivity index (χ4n) is 6.35. The minimum Gasteiger partial charge on any atom is -0.345 e. The molecule has 0 N–H and O–H groups in total. The second-order valence-corrected chi connectivity index (χ2v) is 15.6. The molecule has 1 radical (unpaired) electrons. The largest absolute Gasteiger partial charge is 0.345 e. The highest BCUT2D eigenvalue weighted by Gasteiger charge is 2.40. The van der Waals surface area contributed by atoms with Crippen molar-refractivity contribution >= 4 is 48.2 Å². The van der Waals surface area contributed by atoms with Crippen molar-refractivity contribution in [1.82, 2.24) is 9.55 Å². The molecular formula is C41H40BN2Si. The van der Waals surface area contributed by atoms with E-state index in [1.54, 1.807) is 0 Å². The van der Waals surface area contributed by atoms with Crippen LogP contribution in [0.3, 0.4) is 0 Å². The summed E-state index contributed by atoms with van der Waals surface area (Å²) in [5.74, 6) is 0. The number of hydrogen-bond donors (Lipinski definition) is 0. The summed E-state index contributed by atoms with van der Waals surface area (Å²) in [7, 11) is -0.311. The van der Waals surface area contributed by atoms with Crippen LogP contribution in [0, 0.1) is 0 Å². The molecule has 1 aromatic heterocycles. The molecule has 45 heavy (non-hydrogen) atoms. The lowest BCUT2D eigenvalue weighted by Gasteiger charge is -2.35. The molecule has 5 aromatic carbocycles. The number of aryl methyl sites for hydroxylation is 1. The molecule has 4 heteroatoms. The number of unbranched alkanes of at least 4 members (excludes halogenated alkanes) is 2. The summed E-state index contributed by atoms with van der Waals surface area (Å²) in [4.78, 5) is 4.94. The van der Waals surface area contributed by atoms with Crippen molar-refractivity contribution in [1.29, 1.82) is 0 Å². The molecule has 6 aromatic rings. The van der Waals surface area contributed by atoms with Crippen LogP contribution in [0.5, 0.6) is 0 Å². The quantitative estimate of drug-likeness (QED) is 0.0615. The van der Waals surface area contributed by atoms with Gasteiger partial charge in [0.1, 0.15) is 0 Å². The molecule has 0 saturated carbocycles. The summed E-state index contributed by atoms with van der Waals surface area (Å²) in [6.45, 7) is 2.27. The standard InChI is InChI=1S/C41H40BN2Si/c1-2-3-8-18-34-21-17-28-39(31-34)45(37-24-13-6-14-25-37,38-26-15-7-16-27-38)33-44-30-29-43-41(44)42-40(36-22-11-5-12-23-36)32-35-19-9-4-10-20-35/h4-7,9-17,19-32H,2-3,8,18,33H2,1H3. The van der Waals surface area contributed by atoms with Gasteiger partial charge in [-0.15, -0.1) is 0 Å². The van der Waals surface area contributed by atoms with Crippen molar-refractivity contribution in [2.24, 2.45) is 0 Å². The Bertz CT molecular complexity index is 1760. The van der Waals surface area contributed by atoms with Crippen LogP contribution < -0.4 is 21.3 Å². The number of hydrogen-bond acceptors (Lipinski definition) is 1. The number of rotatable bonds is 13. The molecule has 0 fully saturated rings. The van der Waals surface area contributed by atoms with Crippen LogP contribution in [0.2, 0.25) is 0 Å². The summed E-state index contributed by atoms with van der Waals surface area (Å²) >= 11 is 0. The Hall–Kier alpha value is -4.67. The van der Waals surface area contributed by atoms with Crippen LogP contribution in [0.15, 0.2) is 158 Å². The van der Waals surface area contributed by atoms with Crippen molar-refractivity contribution < 1.29 is 0 Å². The van der Waals surface area contributed by atoms with E-state index in [2.05, 4.69) is 177 Å². The molecule has 0 amide bonds. The third-order valence-corrected chi connectivity index (χ3v) is 13.4. The van der Waals surface area contributed by atoms with Gasteiger partial charge in [0.05, 0.1) is 5.72 Å². The highest BCUT2D eigenvalue weighted by molar-refractivity contribution is 7.10. The highest BCUT2D eigenvalue weighted by atomic mass is 28.3. The van der Waals surface area contributed by atoms with Gasteiger partial charge in [0.15, 0.2) is 8.07 Å². The Morgan fingerprint density at radius 1 is 0.689 bits per heavy atom. The second kappa shape index (κ2) is 14.9. The predicted octanol–water partition coefficient (Wildman–Crippen LogP) is 6.85. The van der Waals surface area contributed by atoms with Gasteiger partial charge in [0.2, 0.25) is 7.28 Å². The summed E-state index contributed by atoms with van der Waals surface area (Å²) < 4.78 is 2.39. The number of imidazole rings is 1. The average molecular weight is 600 g/mol. The van der Waals surface area contributed by atoms with Gasteiger partial charge < -0.3 is 4.57 Å². The molecule has 0 aliphatic rings. The summed E-state index contributed by atoms with van der Waals surface area (Å²) in [6, 6.07) is 53.1. The Labute approximate surface area is 270 Å². The van der Waals surface area contributed by atoms with E-state index in [1.165, 1.54) is 51.5 Å². The van der Waals surface area contributed by atoms with Crippen LogP contribution in [0.4, 0.5) is 0 Å². The lowest BCUT2D eigenvalue weighted by molar-refractivity contribution is 0.717. The molecular weight excluding hydrogens is 559 g/mol. The van der Waals surface area contributed by atoms with Gasteiger partial charge in [-0.2, -0.15) is 0 Å². The fraction of sp³-hybridized carbons (Fsp3) is 0.146. The predicted molar refractivity (Wildman–Crippen MR) is 196 cm³/mol. The van der Waals surface area contributed by atoms with E-state index in [-0.39, 0.29) is 0 Å². The van der Waals surface area contributed by atoms with E-state index in [0.29, 0.717) is 0 Å². The van der Waals surface area contributed by atoms with Crippen LogP contribution >= 0.6 is 0 Å². The third kappa shape index (κ3) is 7.19. The number of benzene rings is 5. The first-order valence-electron chi connectivity index (χ1n) is 16.1. The monoisotopic (exact) mass is 599 g/mol. The molecule has 0 saturated heterocycles. The first-order chi connectivity index (χ1) is 22.3. The van der Waals surface area contributed by atoms with Gasteiger partial charge in [0, 0.05) is 18.6 Å². The van der Waals surface area contributed by atoms with Crippen molar-refractivity contribution in [2.75, 3.05) is 0 Å². The highest BCUT2D eigenvalue weighted by Crippen LogP contribution is 2.18. The maximum Gasteiger partial charge on any atom is 0.241 e. The Kier molecular flexibility index (Phi) is 10.0. The lowest BCUT2D eigenvalue weighted by atomic mass is 9.65. The van der Waals surface area contributed by atoms with E-state index in [1.807, 2.05) is 6.20 Å². The molecule has 0 bridgehead atoms. The summed E-state index contributed by atoms with van der Waals surface area (Å²) in [6.07, 6.45) is 12.1. The Morgan fingerprint density at radius 2 is 1.29 bits per heavy atom. The topological polar surface area (TPSA) is 17.8 Å². The van der Waals surface area contributed by atoms with E-state index in [0.717, 1.165) is 23.8 Å². The van der Waals surface area contributed by atoms with E-state index >= 15 is 0 Å². The van der Waals surface area contributed by atoms with Gasteiger partial charge >= 0.3 is 0 Å². The SMILES string of the molecule is CCCCCc1cccc([Si](Cn2ccnc2[B]C(=Cc2ccccc2)c2ccccc2)(c2ccccc2)c2ccccc2)c1. The minimum absolute atomic E-state index is 0.846. The average Bonchev–Trinajstić information content (AvgIpc) is 3.55. The van der Waals surface area contributed by atoms with Crippen LogP contribution in [-0.2, 0) is 12.6 Å². The maximum absolute atomic E-state index is 4.94. The molecule has 2 nitrogen and oxygen atoms in total. The van der Waals surface area contributed by atoms with Crippen molar-refractivity contribution in [3.8, 4) is 0 Å². The maximum atomic E-state index is 4.94. The molecule has 221 valence electrons. The zero-order chi connectivity index (χ0) is 30.7. The first kappa shape index (κ1) is 30.4. The molecule has 0 atom stereocenters. The fourth-order valence-corrected chi connectivity index (χ4v) is 11.0. The molecule has 0 spiro atoms. The minimum atomic E-state index is -2.56. The van der Waals surface area contributed by atoms with E-state index in [4.69, 9.17) is 4.98 Å². The number of aromatic nitrogens is 2. The van der Waals surface area contributed by atoms with Gasteiger partial charge in [-0.05, 0) is 45.1 Å². The van der Waals surface area contributed by atoms with Crippen LogP contribution in [0.1, 0.15) is 42.9 Å². The molecule has 0 unspecified atom stereocenters. The van der Waals surface area contributed by atoms with Crippen molar-refractivity contribution in [3.05, 3.63) is 175 Å². The summed E-state index contributed by atoms with van der Waals surface area (Å²) in [5.41, 5.74) is 5.87. The molecule has 1 heterocycles. The molecule has 6 rings (SSSR count). The Morgan fingerprint density at radius 3 is 1.93 bits per heavy atom. The zero-order valence-corrected chi connectivity index (χ0v) is 27.1. The van der Waals surface area contributed by atoms with E-state index in [9.17, 15) is 0 Å². The smallest absolute Gasteiger partial charge is 0.241 e. The van der Waals surface area contributed by atoms with Gasteiger partial charge in [0.25, 0.3) is 0 Å². The normalized spacial score (nSPS) is 11.8. The zero-order valence-electron chi connectivity index (χ0n) is 26.1. The molecule has 0 aliphatic carbocycles.